The van der Waals surface area contributed by atoms with Crippen LogP contribution >= 0.6 is 0 Å². The van der Waals surface area contributed by atoms with Gasteiger partial charge in [-0.05, 0) is 83.6 Å². The van der Waals surface area contributed by atoms with E-state index in [9.17, 15) is 34.5 Å². The minimum absolute atomic E-state index is 0.0293. The van der Waals surface area contributed by atoms with Gasteiger partial charge in [-0.2, -0.15) is 0 Å². The molecule has 0 radical (unpaired) electrons. The predicted octanol–water partition coefficient (Wildman–Crippen LogP) is 6.25. The number of ketones is 3. The molecule has 4 aliphatic rings. The molecule has 0 aromatic rings. The van der Waals surface area contributed by atoms with E-state index in [-0.39, 0.29) is 67.2 Å². The van der Waals surface area contributed by atoms with Crippen molar-refractivity contribution in [3.63, 3.8) is 0 Å². The highest BCUT2D eigenvalue weighted by Crippen LogP contribution is 2.54. The Labute approximate surface area is 299 Å². The highest BCUT2D eigenvalue weighted by Gasteiger charge is 2.58. The Bertz CT molecular complexity index is 1360. The number of esters is 1. The third kappa shape index (κ3) is 8.53. The lowest BCUT2D eigenvalue weighted by molar-refractivity contribution is -0.219. The van der Waals surface area contributed by atoms with Gasteiger partial charge in [-0.1, -0.05) is 57.8 Å². The van der Waals surface area contributed by atoms with Crippen LogP contribution in [0.3, 0.4) is 0 Å². The average molecular weight is 701 g/mol. The van der Waals surface area contributed by atoms with Crippen molar-refractivity contribution in [2.45, 2.75) is 162 Å². The maximum atomic E-state index is 14.9. The second kappa shape index (κ2) is 15.8. The van der Waals surface area contributed by atoms with E-state index in [0.717, 1.165) is 18.4 Å². The first-order valence-corrected chi connectivity index (χ1v) is 19.1. The van der Waals surface area contributed by atoms with Gasteiger partial charge in [0.15, 0.2) is 0 Å². The van der Waals surface area contributed by atoms with E-state index < -0.39 is 58.7 Å². The zero-order chi connectivity index (χ0) is 37.3. The Balaban J connectivity index is 1.95. The Morgan fingerprint density at radius 2 is 1.58 bits per heavy atom. The number of fused-ring (bicyclic) bond motifs is 5. The van der Waals surface area contributed by atoms with Gasteiger partial charge in [-0.15, -0.1) is 0 Å². The topological polar surface area (TPSA) is 147 Å². The molecule has 282 valence electrons. The van der Waals surface area contributed by atoms with E-state index in [0.29, 0.717) is 43.3 Å². The molecule has 0 amide bonds. The molecule has 2 bridgehead atoms. The van der Waals surface area contributed by atoms with E-state index in [1.54, 1.807) is 13.8 Å². The fourth-order valence-corrected chi connectivity index (χ4v) is 9.64. The van der Waals surface area contributed by atoms with Crippen LogP contribution in [0.25, 0.3) is 0 Å². The van der Waals surface area contributed by atoms with E-state index >= 15 is 0 Å². The first kappa shape index (κ1) is 40.6. The Kier molecular flexibility index (Phi) is 12.8. The van der Waals surface area contributed by atoms with Gasteiger partial charge in [0.05, 0.1) is 42.0 Å². The number of aliphatic hydroxyl groups is 3. The van der Waals surface area contributed by atoms with Crippen LogP contribution in [0, 0.1) is 40.9 Å². The van der Waals surface area contributed by atoms with Crippen molar-refractivity contribution in [3.8, 4) is 0 Å². The molecule has 9 heteroatoms. The first-order valence-electron chi connectivity index (χ1n) is 19.1. The normalized spacial score (nSPS) is 41.6. The summed E-state index contributed by atoms with van der Waals surface area (Å²) in [4.78, 5) is 57.1. The standard InChI is InChI=1S/C41H64O9/c1-23(2)28-19-30(42)26(5)12-10-11-24(3)18-31(43)37-29-17-25(4)13-14-34-39(7,47)16-15-35(50-34)40(8,48)21-33(45)36(29)27(6)20-41(37,22-32(28)44)38(46)49-9/h17,23-24,26,28-29,33-35,37,45,47-48H,10-16,18-22H2,1-9H3. The molecular formula is C41H64O9. The molecule has 0 aromatic heterocycles. The molecule has 50 heavy (non-hydrogen) atoms. The fraction of sp³-hybridized carbons (Fsp3) is 0.805. The lowest BCUT2D eigenvalue weighted by Crippen LogP contribution is -2.56. The summed E-state index contributed by atoms with van der Waals surface area (Å²) in [5.74, 6) is -3.72. The van der Waals surface area contributed by atoms with Gasteiger partial charge in [-0.3, -0.25) is 19.2 Å². The summed E-state index contributed by atoms with van der Waals surface area (Å²) in [6.07, 6.45) is 3.69. The van der Waals surface area contributed by atoms with Crippen molar-refractivity contribution < 1.29 is 44.0 Å². The number of rotatable bonds is 2. The minimum atomic E-state index is -1.55. The summed E-state index contributed by atoms with van der Waals surface area (Å²) in [7, 11) is 1.29. The number of hydrogen-bond acceptors (Lipinski definition) is 9. The summed E-state index contributed by atoms with van der Waals surface area (Å²) in [6, 6.07) is 0. The molecule has 11 unspecified atom stereocenters. The number of carbonyl (C=O) groups excluding carboxylic acids is 4. The third-order valence-electron chi connectivity index (χ3n) is 12.7. The van der Waals surface area contributed by atoms with Gasteiger partial charge in [0.2, 0.25) is 0 Å². The molecule has 2 aliphatic heterocycles. The molecule has 0 aromatic carbocycles. The minimum Gasteiger partial charge on any atom is -0.469 e. The summed E-state index contributed by atoms with van der Waals surface area (Å²) < 4.78 is 11.8. The van der Waals surface area contributed by atoms with E-state index in [1.165, 1.54) is 7.11 Å². The van der Waals surface area contributed by atoms with Crippen molar-refractivity contribution >= 4 is 23.3 Å². The van der Waals surface area contributed by atoms with Crippen LogP contribution in [0.4, 0.5) is 0 Å². The molecular weight excluding hydrogens is 636 g/mol. The Morgan fingerprint density at radius 1 is 0.920 bits per heavy atom. The fourth-order valence-electron chi connectivity index (χ4n) is 9.64. The number of carbonyl (C=O) groups is 4. The number of hydrogen-bond donors (Lipinski definition) is 3. The van der Waals surface area contributed by atoms with E-state index in [1.807, 2.05) is 47.6 Å². The van der Waals surface area contributed by atoms with Crippen LogP contribution in [-0.2, 0) is 28.7 Å². The zero-order valence-corrected chi connectivity index (χ0v) is 32.0. The van der Waals surface area contributed by atoms with Gasteiger partial charge in [0.1, 0.15) is 17.3 Å². The quantitative estimate of drug-likeness (QED) is 0.225. The van der Waals surface area contributed by atoms with Crippen LogP contribution in [0.1, 0.15) is 132 Å². The summed E-state index contributed by atoms with van der Waals surface area (Å²) in [5.41, 5.74) is -1.90. The van der Waals surface area contributed by atoms with E-state index in [4.69, 9.17) is 9.47 Å². The molecule has 2 fully saturated rings. The number of Topliss-reactive ketones (excluding diaryl/α,β-unsaturated/α-hetero) is 3. The lowest BCUT2D eigenvalue weighted by Gasteiger charge is -2.49. The molecule has 2 aliphatic carbocycles. The van der Waals surface area contributed by atoms with Crippen molar-refractivity contribution in [2.75, 3.05) is 7.11 Å². The number of allylic oxidation sites excluding steroid dienone is 3. The number of methoxy groups -OCH3 is 1. The van der Waals surface area contributed by atoms with Gasteiger partial charge >= 0.3 is 5.97 Å². The number of aliphatic hydroxyl groups excluding tert-OH is 1. The zero-order valence-electron chi connectivity index (χ0n) is 32.0. The lowest BCUT2D eigenvalue weighted by atomic mass is 9.54. The molecule has 9 nitrogen and oxygen atoms in total. The molecule has 2 heterocycles. The van der Waals surface area contributed by atoms with Crippen LogP contribution in [0.5, 0.6) is 0 Å². The largest absolute Gasteiger partial charge is 0.469 e. The van der Waals surface area contributed by atoms with Crippen molar-refractivity contribution in [3.05, 3.63) is 22.8 Å². The predicted molar refractivity (Wildman–Crippen MR) is 191 cm³/mol. The highest BCUT2D eigenvalue weighted by molar-refractivity contribution is 5.96. The van der Waals surface area contributed by atoms with Crippen LogP contribution in [0.15, 0.2) is 22.8 Å². The van der Waals surface area contributed by atoms with Crippen LogP contribution < -0.4 is 0 Å². The maximum Gasteiger partial charge on any atom is 0.313 e. The van der Waals surface area contributed by atoms with E-state index in [2.05, 4.69) is 0 Å². The first-order chi connectivity index (χ1) is 23.2. The maximum absolute atomic E-state index is 14.9. The van der Waals surface area contributed by atoms with Gasteiger partial charge < -0.3 is 24.8 Å². The van der Waals surface area contributed by atoms with Crippen molar-refractivity contribution in [2.24, 2.45) is 40.9 Å². The van der Waals surface area contributed by atoms with Crippen LogP contribution in [0.2, 0.25) is 0 Å². The van der Waals surface area contributed by atoms with Crippen molar-refractivity contribution in [1.29, 1.82) is 0 Å². The van der Waals surface area contributed by atoms with Gasteiger partial charge in [-0.25, -0.2) is 0 Å². The molecule has 3 N–H and O–H groups in total. The molecule has 1 saturated heterocycles. The molecule has 0 spiro atoms. The summed E-state index contributed by atoms with van der Waals surface area (Å²) >= 11 is 0. The summed E-state index contributed by atoms with van der Waals surface area (Å²) in [5, 5.41) is 35.2. The second-order valence-electron chi connectivity index (χ2n) is 17.5. The molecule has 1 saturated carbocycles. The second-order valence-corrected chi connectivity index (χ2v) is 17.5. The Morgan fingerprint density at radius 3 is 2.22 bits per heavy atom. The SMILES string of the molecule is COC(=O)C12CC(=O)C(C(C)C)CC(=O)C(C)CCCC(C)CC(=O)C1C1C=C(C)CCC3OC(CCC3(C)O)C(C)(O)CC(O)C1=C(C)C2. The highest BCUT2D eigenvalue weighted by atomic mass is 16.5. The smallest absolute Gasteiger partial charge is 0.313 e. The van der Waals surface area contributed by atoms with Gasteiger partial charge in [0.25, 0.3) is 0 Å². The third-order valence-corrected chi connectivity index (χ3v) is 12.7. The molecule has 11 atom stereocenters. The average Bonchev–Trinajstić information content (AvgIpc) is 3.00. The monoisotopic (exact) mass is 700 g/mol. The Hall–Kier alpha value is -2.20. The van der Waals surface area contributed by atoms with Gasteiger partial charge in [0, 0.05) is 49.4 Å². The van der Waals surface area contributed by atoms with Crippen molar-refractivity contribution in [1.82, 2.24) is 0 Å². The molecule has 4 rings (SSSR count). The van der Waals surface area contributed by atoms with Crippen LogP contribution in [-0.4, -0.2) is 75.3 Å². The number of ether oxygens (including phenoxy) is 2. The summed E-state index contributed by atoms with van der Waals surface area (Å²) in [6.45, 7) is 15.0.